The van der Waals surface area contributed by atoms with E-state index in [0.29, 0.717) is 10.8 Å². The van der Waals surface area contributed by atoms with Gasteiger partial charge in [0.15, 0.2) is 8.70 Å². The van der Waals surface area contributed by atoms with Crippen LogP contribution in [0, 0.1) is 7.14 Å². The van der Waals surface area contributed by atoms with Crippen LogP contribution < -0.4 is 53.1 Å². The zero-order valence-electron chi connectivity index (χ0n) is 19.5. The number of hydrogen-bond donors (Lipinski definition) is 1. The lowest BCUT2D eigenvalue weighted by Gasteiger charge is -2.21. The van der Waals surface area contributed by atoms with Crippen LogP contribution >= 0.6 is 11.3 Å². The van der Waals surface area contributed by atoms with Gasteiger partial charge in [0, 0.05) is 26.8 Å². The number of anilines is 2. The highest BCUT2D eigenvalue weighted by Gasteiger charge is 2.19. The number of nitrogens with one attached hydrogen (secondary N) is 1. The number of benzene rings is 2. The number of fused-ring (bicyclic) bond motifs is 1. The lowest BCUT2D eigenvalue weighted by Crippen LogP contribution is -3.61. The fraction of sp³-hybridized carbons (Fsp3) is 0.167. The van der Waals surface area contributed by atoms with Gasteiger partial charge in [-0.1, -0.05) is 11.3 Å². The molecular weight excluding hydrogens is 645 g/mol. The average Bonchev–Trinajstić information content (AvgIpc) is 3.25. The molecule has 0 aliphatic heterocycles. The van der Waals surface area contributed by atoms with Gasteiger partial charge < -0.3 is 26.6 Å². The molecule has 0 unspecified atom stereocenters. The molecule has 35 heavy (non-hydrogen) atoms. The van der Waals surface area contributed by atoms with Gasteiger partial charge in [0.2, 0.25) is 3.57 Å². The smallest absolute Gasteiger partial charge is 0.359 e. The Balaban J connectivity index is 0.00000342. The summed E-state index contributed by atoms with van der Waals surface area (Å²) in [4.78, 5) is 36.7. The van der Waals surface area contributed by atoms with Crippen LogP contribution in [0.1, 0.15) is 10.5 Å². The van der Waals surface area contributed by atoms with Gasteiger partial charge in [0.1, 0.15) is 11.4 Å². The van der Waals surface area contributed by atoms with Crippen molar-refractivity contribution in [3.05, 3.63) is 73.6 Å². The van der Waals surface area contributed by atoms with Gasteiger partial charge in [-0.2, -0.15) is 0 Å². The molecule has 2 heterocycles. The molecule has 0 spiro atoms. The molecule has 1 N–H and O–H groups in total. The summed E-state index contributed by atoms with van der Waals surface area (Å²) in [5.74, 6) is 0.451. The monoisotopic (exact) mass is 667 g/mol. The minimum atomic E-state index is -0.464. The number of carbonyl (C=O) groups excluding carboxylic acids is 2. The van der Waals surface area contributed by atoms with Crippen LogP contribution in [0.2, 0.25) is 0 Å². The summed E-state index contributed by atoms with van der Waals surface area (Å²) in [6.07, 6.45) is 1.75. The van der Waals surface area contributed by atoms with Crippen molar-refractivity contribution in [1.29, 1.82) is 0 Å². The first kappa shape index (κ1) is 26.8. The molecule has 4 rings (SSSR count). The van der Waals surface area contributed by atoms with Gasteiger partial charge in [0.25, 0.3) is 5.91 Å². The first-order chi connectivity index (χ1) is 16.3. The average molecular weight is 668 g/mol. The number of amides is 3. The Morgan fingerprint density at radius 2 is 1.71 bits per heavy atom. The standard InChI is InChI=1S/C24H22IN5O3S.BrH/c1-29(2)24(32)30(3)17-8-5-15(6-9-17)25-16-7-11-20(26-14-16)22(31)28-23-27-19-12-10-18(33-4)13-21(19)34-23;/h5-14H,1-4H3;1H. The van der Waals surface area contributed by atoms with Gasteiger partial charge in [-0.05, 0) is 54.6 Å². The van der Waals surface area contributed by atoms with Gasteiger partial charge in [0.05, 0.1) is 23.5 Å². The number of urea groups is 1. The lowest BCUT2D eigenvalue weighted by atomic mass is 10.3. The van der Waals surface area contributed by atoms with E-state index in [9.17, 15) is 9.59 Å². The summed E-state index contributed by atoms with van der Waals surface area (Å²) in [7, 11) is 6.83. The molecule has 2 aromatic carbocycles. The second-order valence-corrected chi connectivity index (χ2v) is 11.5. The van der Waals surface area contributed by atoms with Crippen molar-refractivity contribution in [2.75, 3.05) is 38.5 Å². The molecule has 182 valence electrons. The third-order valence-corrected chi connectivity index (χ3v) is 8.41. The number of nitrogens with zero attached hydrogens (tertiary/aromatic N) is 4. The molecule has 0 radical (unpaired) electrons. The van der Waals surface area contributed by atoms with Crippen molar-refractivity contribution in [3.63, 3.8) is 0 Å². The molecule has 0 fully saturated rings. The third-order valence-electron chi connectivity index (χ3n) is 4.88. The Labute approximate surface area is 228 Å². The van der Waals surface area contributed by atoms with Gasteiger partial charge in [-0.3, -0.25) is 15.0 Å². The topological polar surface area (TPSA) is 87.7 Å². The number of halogens is 2. The lowest BCUT2D eigenvalue weighted by molar-refractivity contribution is -0.597. The summed E-state index contributed by atoms with van der Waals surface area (Å²) in [5.41, 5.74) is 1.98. The fourth-order valence-corrected chi connectivity index (χ4v) is 6.04. The maximum absolute atomic E-state index is 12.6. The second kappa shape index (κ2) is 11.8. The Kier molecular flexibility index (Phi) is 9.03. The van der Waals surface area contributed by atoms with Crippen molar-refractivity contribution >= 4 is 44.3 Å². The van der Waals surface area contributed by atoms with Crippen LogP contribution in [0.5, 0.6) is 5.75 Å². The van der Waals surface area contributed by atoms with E-state index in [1.807, 2.05) is 48.5 Å². The van der Waals surface area contributed by atoms with Crippen molar-refractivity contribution in [3.8, 4) is 5.75 Å². The van der Waals surface area contributed by atoms with Crippen LogP contribution in [0.25, 0.3) is 10.2 Å². The third kappa shape index (κ3) is 6.47. The molecular formula is C24H23BrIN5O3S. The van der Waals surface area contributed by atoms with E-state index in [2.05, 4.69) is 15.3 Å². The molecule has 0 bridgehead atoms. The minimum Gasteiger partial charge on any atom is -1.00 e. The molecule has 0 saturated carbocycles. The predicted molar refractivity (Wildman–Crippen MR) is 130 cm³/mol. The van der Waals surface area contributed by atoms with Crippen molar-refractivity contribution in [2.45, 2.75) is 0 Å². The fourth-order valence-electron chi connectivity index (χ4n) is 3.08. The van der Waals surface area contributed by atoms with E-state index < -0.39 is 21.2 Å². The predicted octanol–water partition coefficient (Wildman–Crippen LogP) is -1.80. The summed E-state index contributed by atoms with van der Waals surface area (Å²) in [5, 5.41) is 3.34. The molecule has 8 nitrogen and oxygen atoms in total. The number of methoxy groups -OCH3 is 1. The van der Waals surface area contributed by atoms with Crippen LogP contribution in [0.15, 0.2) is 60.8 Å². The van der Waals surface area contributed by atoms with E-state index in [1.165, 1.54) is 19.8 Å². The summed E-state index contributed by atoms with van der Waals surface area (Å²) >= 11 is 0.925. The number of aromatic nitrogens is 2. The summed E-state index contributed by atoms with van der Waals surface area (Å²) in [6.45, 7) is 0. The number of ether oxygens (including phenoxy) is 1. The molecule has 11 heteroatoms. The van der Waals surface area contributed by atoms with E-state index in [0.717, 1.165) is 25.2 Å². The SMILES string of the molecule is COc1ccc2nc(NC(=O)c3ccc([I+]c4ccc(N(C)C(=O)N(C)C)cc4)cn3)sc2c1.[Br-]. The van der Waals surface area contributed by atoms with Crippen LogP contribution in [0.4, 0.5) is 15.6 Å². The number of rotatable bonds is 6. The van der Waals surface area contributed by atoms with E-state index in [-0.39, 0.29) is 28.9 Å². The van der Waals surface area contributed by atoms with E-state index >= 15 is 0 Å². The molecule has 2 aromatic heterocycles. The second-order valence-electron chi connectivity index (χ2n) is 7.48. The largest absolute Gasteiger partial charge is 1.00 e. The highest BCUT2D eigenvalue weighted by molar-refractivity contribution is 7.22. The molecule has 4 aromatic rings. The maximum Gasteiger partial charge on any atom is 0.359 e. The number of thiazole rings is 1. The summed E-state index contributed by atoms with van der Waals surface area (Å²) in [6, 6.07) is 17.1. The Morgan fingerprint density at radius 3 is 2.34 bits per heavy atom. The first-order valence-electron chi connectivity index (χ1n) is 10.3. The van der Waals surface area contributed by atoms with Crippen LogP contribution in [0.3, 0.4) is 0 Å². The van der Waals surface area contributed by atoms with Gasteiger partial charge >= 0.3 is 27.2 Å². The zero-order chi connectivity index (χ0) is 24.2. The zero-order valence-corrected chi connectivity index (χ0v) is 24.0. The van der Waals surface area contributed by atoms with Gasteiger partial charge in [-0.25, -0.2) is 14.8 Å². The van der Waals surface area contributed by atoms with Gasteiger partial charge in [-0.15, -0.1) is 0 Å². The van der Waals surface area contributed by atoms with E-state index in [4.69, 9.17) is 4.74 Å². The Hall–Kier alpha value is -2.77. The number of carbonyl (C=O) groups is 2. The maximum atomic E-state index is 12.6. The highest BCUT2D eigenvalue weighted by atomic mass is 127. The molecule has 0 atom stereocenters. The quantitative estimate of drug-likeness (QED) is 0.246. The normalized spacial score (nSPS) is 10.4. The molecule has 3 amide bonds. The first-order valence-corrected chi connectivity index (χ1v) is 13.2. The van der Waals surface area contributed by atoms with Crippen LogP contribution in [-0.4, -0.2) is 55.1 Å². The van der Waals surface area contributed by atoms with Crippen molar-refractivity contribution in [2.24, 2.45) is 0 Å². The molecule has 0 aliphatic rings. The van der Waals surface area contributed by atoms with Crippen molar-refractivity contribution < 1.29 is 52.5 Å². The highest BCUT2D eigenvalue weighted by Crippen LogP contribution is 2.29. The minimum absolute atomic E-state index is 0. The number of pyridine rings is 1. The number of hydrogen-bond acceptors (Lipinski definition) is 6. The molecule has 0 saturated heterocycles. The van der Waals surface area contributed by atoms with Crippen LogP contribution in [-0.2, 0) is 0 Å². The van der Waals surface area contributed by atoms with Crippen molar-refractivity contribution in [1.82, 2.24) is 14.9 Å². The summed E-state index contributed by atoms with van der Waals surface area (Å²) < 4.78 is 8.46. The molecule has 0 aliphatic carbocycles. The Bertz CT molecular complexity index is 1330. The van der Waals surface area contributed by atoms with E-state index in [1.54, 1.807) is 45.4 Å². The Morgan fingerprint density at radius 1 is 1.00 bits per heavy atom.